The van der Waals surface area contributed by atoms with Crippen LogP contribution in [-0.2, 0) is 17.8 Å². The number of rotatable bonds is 5. The van der Waals surface area contributed by atoms with Gasteiger partial charge in [0.1, 0.15) is 5.75 Å². The van der Waals surface area contributed by atoms with E-state index in [9.17, 15) is 9.59 Å². The molecule has 0 spiro atoms. The Morgan fingerprint density at radius 1 is 1.15 bits per heavy atom. The van der Waals surface area contributed by atoms with E-state index in [1.165, 1.54) is 5.56 Å². The monoisotopic (exact) mass is 364 g/mol. The van der Waals surface area contributed by atoms with Gasteiger partial charge in [-0.3, -0.25) is 9.59 Å². The van der Waals surface area contributed by atoms with Gasteiger partial charge in [0.05, 0.1) is 7.11 Å². The Labute approximate surface area is 159 Å². The number of nitrogens with zero attached hydrogens (tertiary/aromatic N) is 1. The number of methoxy groups -OCH3 is 1. The van der Waals surface area contributed by atoms with Crippen LogP contribution in [0.25, 0.3) is 0 Å². The fraction of sp³-hybridized carbons (Fsp3) is 0.364. The Hall–Kier alpha value is -2.82. The summed E-state index contributed by atoms with van der Waals surface area (Å²) in [6.07, 6.45) is 4.01. The molecule has 4 rings (SSSR count). The molecular formula is C22H24N2O3. The van der Waals surface area contributed by atoms with Gasteiger partial charge in [0.25, 0.3) is 5.91 Å². The van der Waals surface area contributed by atoms with Gasteiger partial charge in [-0.2, -0.15) is 0 Å². The molecule has 5 nitrogen and oxygen atoms in total. The van der Waals surface area contributed by atoms with Gasteiger partial charge in [0.2, 0.25) is 5.91 Å². The van der Waals surface area contributed by atoms with E-state index in [1.807, 2.05) is 17.0 Å². The van der Waals surface area contributed by atoms with Crippen molar-refractivity contribution in [1.29, 1.82) is 0 Å². The summed E-state index contributed by atoms with van der Waals surface area (Å²) < 4.78 is 5.16. The molecule has 27 heavy (non-hydrogen) atoms. The van der Waals surface area contributed by atoms with Gasteiger partial charge in [-0.05, 0) is 60.7 Å². The Morgan fingerprint density at radius 2 is 1.93 bits per heavy atom. The lowest BCUT2D eigenvalue weighted by molar-refractivity contribution is -0.127. The quantitative estimate of drug-likeness (QED) is 0.885. The highest BCUT2D eigenvalue weighted by Crippen LogP contribution is 2.31. The normalized spacial score (nSPS) is 15.8. The highest BCUT2D eigenvalue weighted by Gasteiger charge is 2.27. The SMILES string of the molecule is COc1ccc(C(=O)N2CCc3ccc(CNC(=O)C4CCC4)cc32)cc1. The number of hydrogen-bond acceptors (Lipinski definition) is 3. The van der Waals surface area contributed by atoms with Gasteiger partial charge in [0, 0.05) is 30.3 Å². The van der Waals surface area contributed by atoms with Crippen LogP contribution in [0.2, 0.25) is 0 Å². The average molecular weight is 364 g/mol. The van der Waals surface area contributed by atoms with Crippen molar-refractivity contribution in [2.24, 2.45) is 5.92 Å². The predicted molar refractivity (Wildman–Crippen MR) is 104 cm³/mol. The zero-order valence-corrected chi connectivity index (χ0v) is 15.5. The van der Waals surface area contributed by atoms with E-state index in [4.69, 9.17) is 4.74 Å². The number of benzene rings is 2. The number of carbonyl (C=O) groups is 2. The summed E-state index contributed by atoms with van der Waals surface area (Å²) >= 11 is 0. The molecule has 0 atom stereocenters. The minimum absolute atomic E-state index is 0.00735. The first-order chi connectivity index (χ1) is 13.2. The molecule has 0 unspecified atom stereocenters. The molecule has 0 radical (unpaired) electrons. The van der Waals surface area contributed by atoms with Gasteiger partial charge in [0.15, 0.2) is 0 Å². The van der Waals surface area contributed by atoms with E-state index in [0.717, 1.165) is 42.7 Å². The number of hydrogen-bond donors (Lipinski definition) is 1. The summed E-state index contributed by atoms with van der Waals surface area (Å²) in [6.45, 7) is 1.19. The van der Waals surface area contributed by atoms with E-state index in [1.54, 1.807) is 31.4 Å². The summed E-state index contributed by atoms with van der Waals surface area (Å²) in [7, 11) is 1.61. The lowest BCUT2D eigenvalue weighted by atomic mass is 9.85. The topological polar surface area (TPSA) is 58.6 Å². The zero-order valence-electron chi connectivity index (χ0n) is 15.5. The number of nitrogens with one attached hydrogen (secondary N) is 1. The molecule has 2 amide bonds. The van der Waals surface area contributed by atoms with E-state index in [-0.39, 0.29) is 17.7 Å². The molecule has 2 aliphatic rings. The summed E-state index contributed by atoms with van der Waals surface area (Å²) in [4.78, 5) is 26.8. The maximum atomic E-state index is 12.9. The van der Waals surface area contributed by atoms with Crippen LogP contribution in [-0.4, -0.2) is 25.5 Å². The molecule has 1 fully saturated rings. The Bertz CT molecular complexity index is 856. The van der Waals surface area contributed by atoms with Crippen molar-refractivity contribution in [3.05, 3.63) is 59.2 Å². The van der Waals surface area contributed by atoms with Gasteiger partial charge in [-0.1, -0.05) is 18.6 Å². The number of fused-ring (bicyclic) bond motifs is 1. The fourth-order valence-electron chi connectivity index (χ4n) is 3.64. The highest BCUT2D eigenvalue weighted by atomic mass is 16.5. The van der Waals surface area contributed by atoms with Crippen LogP contribution in [0.4, 0.5) is 5.69 Å². The molecule has 5 heteroatoms. The van der Waals surface area contributed by atoms with Gasteiger partial charge >= 0.3 is 0 Å². The average Bonchev–Trinajstić information content (AvgIpc) is 3.07. The van der Waals surface area contributed by atoms with Crippen molar-refractivity contribution in [3.8, 4) is 5.75 Å². The van der Waals surface area contributed by atoms with E-state index in [2.05, 4.69) is 11.4 Å². The van der Waals surface area contributed by atoms with Crippen molar-refractivity contribution in [2.45, 2.75) is 32.2 Å². The molecule has 0 saturated heterocycles. The maximum absolute atomic E-state index is 12.9. The Kier molecular flexibility index (Phi) is 4.84. The first-order valence-electron chi connectivity index (χ1n) is 9.51. The lowest BCUT2D eigenvalue weighted by Crippen LogP contribution is -2.34. The van der Waals surface area contributed by atoms with Crippen LogP contribution in [0.3, 0.4) is 0 Å². The smallest absolute Gasteiger partial charge is 0.258 e. The first kappa shape index (κ1) is 17.6. The summed E-state index contributed by atoms with van der Waals surface area (Å²) in [5.41, 5.74) is 3.79. The molecule has 140 valence electrons. The predicted octanol–water partition coefficient (Wildman–Crippen LogP) is 3.31. The standard InChI is InChI=1S/C22H24N2O3/c1-27-19-9-7-18(8-10-19)22(26)24-12-11-16-6-5-15(13-20(16)24)14-23-21(25)17-3-2-4-17/h5-10,13,17H,2-4,11-12,14H2,1H3,(H,23,25). The van der Waals surface area contributed by atoms with Crippen LogP contribution in [0.5, 0.6) is 5.75 Å². The molecule has 1 N–H and O–H groups in total. The first-order valence-corrected chi connectivity index (χ1v) is 9.51. The Balaban J connectivity index is 1.48. The van der Waals surface area contributed by atoms with E-state index in [0.29, 0.717) is 18.7 Å². The van der Waals surface area contributed by atoms with Crippen LogP contribution in [0.15, 0.2) is 42.5 Å². The second-order valence-electron chi connectivity index (χ2n) is 7.24. The van der Waals surface area contributed by atoms with Crippen molar-refractivity contribution >= 4 is 17.5 Å². The van der Waals surface area contributed by atoms with Crippen molar-refractivity contribution in [1.82, 2.24) is 5.32 Å². The third-order valence-corrected chi connectivity index (χ3v) is 5.57. The summed E-state index contributed by atoms with van der Waals surface area (Å²) in [5, 5.41) is 3.02. The van der Waals surface area contributed by atoms with E-state index < -0.39 is 0 Å². The van der Waals surface area contributed by atoms with Gasteiger partial charge in [-0.15, -0.1) is 0 Å². The van der Waals surface area contributed by atoms with Crippen molar-refractivity contribution < 1.29 is 14.3 Å². The fourth-order valence-corrected chi connectivity index (χ4v) is 3.64. The largest absolute Gasteiger partial charge is 0.497 e. The third kappa shape index (κ3) is 3.54. The Morgan fingerprint density at radius 3 is 2.59 bits per heavy atom. The van der Waals surface area contributed by atoms with Crippen molar-refractivity contribution in [3.63, 3.8) is 0 Å². The van der Waals surface area contributed by atoms with Crippen LogP contribution < -0.4 is 15.0 Å². The highest BCUT2D eigenvalue weighted by molar-refractivity contribution is 6.07. The molecule has 1 heterocycles. The second-order valence-corrected chi connectivity index (χ2v) is 7.24. The molecule has 1 aliphatic heterocycles. The molecule has 2 aromatic carbocycles. The second kappa shape index (κ2) is 7.43. The molecule has 2 aromatic rings. The van der Waals surface area contributed by atoms with Gasteiger partial charge in [-0.25, -0.2) is 0 Å². The third-order valence-electron chi connectivity index (χ3n) is 5.57. The summed E-state index contributed by atoms with van der Waals surface area (Å²) in [6, 6.07) is 13.3. The van der Waals surface area contributed by atoms with Crippen molar-refractivity contribution in [2.75, 3.05) is 18.6 Å². The van der Waals surface area contributed by atoms with Crippen LogP contribution in [0.1, 0.15) is 40.7 Å². The van der Waals surface area contributed by atoms with Crippen LogP contribution >= 0.6 is 0 Å². The maximum Gasteiger partial charge on any atom is 0.258 e. The number of anilines is 1. The lowest BCUT2D eigenvalue weighted by Gasteiger charge is -2.24. The number of amides is 2. The number of ether oxygens (including phenoxy) is 1. The minimum atomic E-state index is -0.00735. The molecule has 0 aromatic heterocycles. The molecule has 1 aliphatic carbocycles. The molecule has 1 saturated carbocycles. The summed E-state index contributed by atoms with van der Waals surface area (Å²) in [5.74, 6) is 1.06. The van der Waals surface area contributed by atoms with E-state index >= 15 is 0 Å². The number of carbonyl (C=O) groups excluding carboxylic acids is 2. The zero-order chi connectivity index (χ0) is 18.8. The van der Waals surface area contributed by atoms with Crippen LogP contribution in [0, 0.1) is 5.92 Å². The molecular weight excluding hydrogens is 340 g/mol. The minimum Gasteiger partial charge on any atom is -0.497 e. The van der Waals surface area contributed by atoms with Gasteiger partial charge < -0.3 is 15.0 Å². The molecule has 0 bridgehead atoms.